The summed E-state index contributed by atoms with van der Waals surface area (Å²) in [4.78, 5) is 40.5. The van der Waals surface area contributed by atoms with E-state index in [2.05, 4.69) is 9.57 Å². The molecule has 0 radical (unpaired) electrons. The van der Waals surface area contributed by atoms with E-state index >= 15 is 0 Å². The molecule has 1 unspecified atom stereocenters. The molecule has 112 valence electrons. The van der Waals surface area contributed by atoms with Crippen LogP contribution in [0.1, 0.15) is 39.1 Å². The molecule has 1 aromatic carbocycles. The van der Waals surface area contributed by atoms with Gasteiger partial charge in [0.2, 0.25) is 0 Å². The fourth-order valence-electron chi connectivity index (χ4n) is 2.46. The summed E-state index contributed by atoms with van der Waals surface area (Å²) in [6.07, 6.45) is 1.26. The van der Waals surface area contributed by atoms with Crippen LogP contribution in [0.4, 0.5) is 0 Å². The van der Waals surface area contributed by atoms with Gasteiger partial charge < -0.3 is 9.57 Å². The van der Waals surface area contributed by atoms with E-state index in [1.165, 1.54) is 7.11 Å². The average Bonchev–Trinajstić information content (AvgIpc) is 2.50. The van der Waals surface area contributed by atoms with Crippen LogP contribution < -0.4 is 5.90 Å². The maximum absolute atomic E-state index is 12.3. The Kier molecular flexibility index (Phi) is 4.82. The van der Waals surface area contributed by atoms with Gasteiger partial charge in [-0.05, 0) is 24.5 Å². The molecule has 0 saturated carbocycles. The topological polar surface area (TPSA) is 95.7 Å². The van der Waals surface area contributed by atoms with E-state index in [9.17, 15) is 14.4 Å². The molecule has 1 aliphatic rings. The van der Waals surface area contributed by atoms with Crippen LogP contribution in [0, 0.1) is 5.92 Å². The summed E-state index contributed by atoms with van der Waals surface area (Å²) in [5.74, 6) is 2.70. The van der Waals surface area contributed by atoms with Crippen LogP contribution in [-0.4, -0.2) is 31.3 Å². The Morgan fingerprint density at radius 2 is 2.10 bits per heavy atom. The zero-order valence-corrected chi connectivity index (χ0v) is 11.8. The Bertz CT molecular complexity index is 581. The molecule has 0 heterocycles. The van der Waals surface area contributed by atoms with Crippen molar-refractivity contribution in [1.82, 2.24) is 0 Å². The van der Waals surface area contributed by atoms with Crippen molar-refractivity contribution < 1.29 is 24.0 Å². The molecule has 2 rings (SSSR count). The number of fused-ring (bicyclic) bond motifs is 1. The lowest BCUT2D eigenvalue weighted by molar-refractivity contribution is -0.143. The maximum atomic E-state index is 12.3. The van der Waals surface area contributed by atoms with Gasteiger partial charge in [0.1, 0.15) is 5.92 Å². The third kappa shape index (κ3) is 3.17. The van der Waals surface area contributed by atoms with Crippen molar-refractivity contribution in [3.8, 4) is 0 Å². The van der Waals surface area contributed by atoms with Crippen molar-refractivity contribution >= 4 is 17.5 Å². The van der Waals surface area contributed by atoms with Crippen molar-refractivity contribution in [1.29, 1.82) is 0 Å². The Hall–Kier alpha value is -2.05. The fraction of sp³-hybridized carbons (Fsp3) is 0.400. The van der Waals surface area contributed by atoms with Crippen LogP contribution in [0.25, 0.3) is 0 Å². The van der Waals surface area contributed by atoms with Gasteiger partial charge in [-0.25, -0.2) is 5.90 Å². The van der Waals surface area contributed by atoms with Crippen LogP contribution >= 0.6 is 0 Å². The summed E-state index contributed by atoms with van der Waals surface area (Å²) >= 11 is 0. The van der Waals surface area contributed by atoms with E-state index in [1.807, 2.05) is 0 Å². The van der Waals surface area contributed by atoms with Gasteiger partial charge >= 0.3 is 5.97 Å². The molecule has 21 heavy (non-hydrogen) atoms. The highest BCUT2D eigenvalue weighted by molar-refractivity contribution is 6.20. The number of hydrogen-bond donors (Lipinski definition) is 1. The van der Waals surface area contributed by atoms with Gasteiger partial charge in [-0.2, -0.15) is 0 Å². The second kappa shape index (κ2) is 6.60. The minimum atomic E-state index is -1.03. The second-order valence-electron chi connectivity index (χ2n) is 4.92. The summed E-state index contributed by atoms with van der Waals surface area (Å²) in [7, 11) is 1.21. The zero-order valence-electron chi connectivity index (χ0n) is 11.8. The number of nitrogens with two attached hydrogens (primary N) is 1. The van der Waals surface area contributed by atoms with Gasteiger partial charge in [0, 0.05) is 17.5 Å². The Morgan fingerprint density at radius 3 is 2.76 bits per heavy atom. The number of methoxy groups -OCH3 is 1. The summed E-state index contributed by atoms with van der Waals surface area (Å²) < 4.78 is 4.59. The minimum Gasteiger partial charge on any atom is -0.468 e. The molecule has 0 amide bonds. The molecular formula is C15H17NO5. The number of aryl methyl sites for hydroxylation is 1. The third-order valence-electron chi connectivity index (χ3n) is 3.57. The van der Waals surface area contributed by atoms with E-state index in [0.717, 1.165) is 5.56 Å². The van der Waals surface area contributed by atoms with E-state index in [-0.39, 0.29) is 18.0 Å². The summed E-state index contributed by atoms with van der Waals surface area (Å²) in [5, 5.41) is 0. The smallest absolute Gasteiger partial charge is 0.317 e. The van der Waals surface area contributed by atoms with Crippen LogP contribution in [0.2, 0.25) is 0 Å². The number of Topliss-reactive ketones (excluding diaryl/α,β-unsaturated/α-hetero) is 2. The van der Waals surface area contributed by atoms with Crippen LogP contribution in [0.5, 0.6) is 0 Å². The quantitative estimate of drug-likeness (QED) is 0.377. The highest BCUT2D eigenvalue weighted by Gasteiger charge is 2.37. The maximum Gasteiger partial charge on any atom is 0.317 e. The Morgan fingerprint density at radius 1 is 1.33 bits per heavy atom. The molecule has 1 aromatic rings. The first-order valence-corrected chi connectivity index (χ1v) is 6.68. The molecule has 0 fully saturated rings. The number of hydrogen-bond acceptors (Lipinski definition) is 6. The van der Waals surface area contributed by atoms with Gasteiger partial charge in [0.25, 0.3) is 0 Å². The van der Waals surface area contributed by atoms with E-state index in [4.69, 9.17) is 5.90 Å². The number of benzene rings is 1. The largest absolute Gasteiger partial charge is 0.468 e. The first-order chi connectivity index (χ1) is 10.1. The minimum absolute atomic E-state index is 0.126. The molecule has 0 aliphatic heterocycles. The predicted octanol–water partition coefficient (Wildman–Crippen LogP) is 1.07. The first kappa shape index (κ1) is 15.3. The number of ketones is 2. The molecule has 6 nitrogen and oxygen atoms in total. The first-order valence-electron chi connectivity index (χ1n) is 6.68. The van der Waals surface area contributed by atoms with E-state index in [1.54, 1.807) is 18.2 Å². The predicted molar refractivity (Wildman–Crippen MR) is 73.7 cm³/mol. The van der Waals surface area contributed by atoms with E-state index < -0.39 is 11.9 Å². The summed E-state index contributed by atoms with van der Waals surface area (Å²) in [5.41, 5.74) is 1.57. The lowest BCUT2D eigenvalue weighted by Crippen LogP contribution is -2.33. The van der Waals surface area contributed by atoms with Crippen molar-refractivity contribution in [2.24, 2.45) is 11.8 Å². The van der Waals surface area contributed by atoms with Gasteiger partial charge in [0.05, 0.1) is 13.7 Å². The summed E-state index contributed by atoms with van der Waals surface area (Å²) in [6.45, 7) is 0.411. The standard InChI is InChI=1S/C15H17NO5/c1-20-15(19)12-8-13(17)10-5-4-9(3-2-6-21-16)7-11(10)14(12)18/h4-5,7,12H,2-3,6,8,16H2,1H3. The highest BCUT2D eigenvalue weighted by atomic mass is 16.6. The van der Waals surface area contributed by atoms with Gasteiger partial charge in [0.15, 0.2) is 11.6 Å². The SMILES string of the molecule is COC(=O)C1CC(=O)c2ccc(CCCON)cc2C1=O. The molecule has 0 spiro atoms. The van der Waals surface area contributed by atoms with Gasteiger partial charge in [-0.1, -0.05) is 12.1 Å². The molecule has 1 atom stereocenters. The van der Waals surface area contributed by atoms with Crippen molar-refractivity contribution in [2.45, 2.75) is 19.3 Å². The number of ether oxygens (including phenoxy) is 1. The second-order valence-corrected chi connectivity index (χ2v) is 4.92. The van der Waals surface area contributed by atoms with E-state index in [0.29, 0.717) is 30.6 Å². The third-order valence-corrected chi connectivity index (χ3v) is 3.57. The number of carbonyl (C=O) groups excluding carboxylic acids is 3. The highest BCUT2D eigenvalue weighted by Crippen LogP contribution is 2.27. The number of rotatable bonds is 5. The number of carbonyl (C=O) groups is 3. The Labute approximate surface area is 122 Å². The molecule has 1 aliphatic carbocycles. The fourth-order valence-corrected chi connectivity index (χ4v) is 2.46. The van der Waals surface area contributed by atoms with Crippen molar-refractivity contribution in [3.05, 3.63) is 34.9 Å². The monoisotopic (exact) mass is 291 g/mol. The lowest BCUT2D eigenvalue weighted by Gasteiger charge is -2.21. The normalized spacial score (nSPS) is 17.5. The zero-order chi connectivity index (χ0) is 15.4. The molecular weight excluding hydrogens is 274 g/mol. The van der Waals surface area contributed by atoms with Crippen molar-refractivity contribution in [3.63, 3.8) is 0 Å². The molecule has 0 aromatic heterocycles. The lowest BCUT2D eigenvalue weighted by atomic mass is 9.81. The summed E-state index contributed by atoms with van der Waals surface area (Å²) in [6, 6.07) is 5.11. The Balaban J connectivity index is 2.28. The van der Waals surface area contributed by atoms with Crippen LogP contribution in [-0.2, 0) is 20.8 Å². The van der Waals surface area contributed by atoms with Crippen LogP contribution in [0.15, 0.2) is 18.2 Å². The van der Waals surface area contributed by atoms with Crippen molar-refractivity contribution in [2.75, 3.05) is 13.7 Å². The molecule has 0 saturated heterocycles. The molecule has 2 N–H and O–H groups in total. The van der Waals surface area contributed by atoms with Gasteiger partial charge in [-0.15, -0.1) is 0 Å². The number of esters is 1. The molecule has 0 bridgehead atoms. The average molecular weight is 291 g/mol. The van der Waals surface area contributed by atoms with Crippen LogP contribution in [0.3, 0.4) is 0 Å². The molecule has 6 heteroatoms. The van der Waals surface area contributed by atoms with Gasteiger partial charge in [-0.3, -0.25) is 14.4 Å².